The predicted octanol–water partition coefficient (Wildman–Crippen LogP) is 6.05. The van der Waals surface area contributed by atoms with Crippen molar-refractivity contribution in [2.75, 3.05) is 10.3 Å². The summed E-state index contributed by atoms with van der Waals surface area (Å²) in [5.74, 6) is 0. The van der Waals surface area contributed by atoms with Crippen LogP contribution in [0.4, 0.5) is 29.3 Å². The highest BCUT2D eigenvalue weighted by molar-refractivity contribution is 6.31. The molecule has 2 aliphatic rings. The van der Waals surface area contributed by atoms with Gasteiger partial charge in [0.25, 0.3) is 0 Å². The highest BCUT2D eigenvalue weighted by Crippen LogP contribution is 2.58. The third-order valence-corrected chi connectivity index (χ3v) is 6.45. The van der Waals surface area contributed by atoms with Gasteiger partial charge in [-0.2, -0.15) is 18.2 Å². The minimum atomic E-state index is -4.60. The van der Waals surface area contributed by atoms with Crippen LogP contribution in [-0.2, 0) is 18.3 Å². The Morgan fingerprint density at radius 1 is 1.06 bits per heavy atom. The lowest BCUT2D eigenvalue weighted by molar-refractivity contribution is -0.137. The molecule has 0 aromatic heterocycles. The third-order valence-electron chi connectivity index (χ3n) is 5.89. The summed E-state index contributed by atoms with van der Waals surface area (Å²) >= 11 is 11.8. The van der Waals surface area contributed by atoms with Crippen LogP contribution in [0, 0.1) is 0 Å². The topological polar surface area (TPSA) is 55.3 Å². The number of nitrogens with zero attached hydrogens (tertiary/aromatic N) is 2. The number of fused-ring (bicyclic) bond motifs is 2. The fraction of sp³-hybridized carbons (Fsp3) is 0.174. The summed E-state index contributed by atoms with van der Waals surface area (Å²) in [4.78, 5) is 13.3. The van der Waals surface area contributed by atoms with Crippen LogP contribution in [0.5, 0.6) is 0 Å². The molecule has 1 heterocycles. The number of benzene rings is 3. The van der Waals surface area contributed by atoms with Crippen molar-refractivity contribution in [1.29, 1.82) is 0 Å². The van der Waals surface area contributed by atoms with Crippen molar-refractivity contribution in [3.8, 4) is 0 Å². The van der Waals surface area contributed by atoms with Crippen LogP contribution < -0.4 is 10.3 Å². The molecule has 10 heteroatoms. The molecule has 3 aromatic rings. The van der Waals surface area contributed by atoms with Crippen molar-refractivity contribution in [2.45, 2.75) is 24.4 Å². The summed E-state index contributed by atoms with van der Waals surface area (Å²) in [6.07, 6.45) is -5.18. The van der Waals surface area contributed by atoms with Gasteiger partial charge in [0.1, 0.15) is 6.10 Å². The molecule has 1 saturated heterocycles. The van der Waals surface area contributed by atoms with Crippen LogP contribution in [0.25, 0.3) is 0 Å². The molecule has 1 aliphatic heterocycles. The molecule has 2 unspecified atom stereocenters. The average Bonchev–Trinajstić information content (AvgIpc) is 3.36. The summed E-state index contributed by atoms with van der Waals surface area (Å²) in [6, 6.07) is 16.6. The fourth-order valence-corrected chi connectivity index (χ4v) is 4.88. The predicted molar refractivity (Wildman–Crippen MR) is 119 cm³/mol. The van der Waals surface area contributed by atoms with E-state index in [9.17, 15) is 23.1 Å². The van der Waals surface area contributed by atoms with E-state index < -0.39 is 34.6 Å². The first kappa shape index (κ1) is 21.9. The zero-order valence-electron chi connectivity index (χ0n) is 16.8. The number of hydrogen-bond acceptors (Lipinski definition) is 3. The number of hydrogen-bond donors (Lipinski definition) is 2. The lowest BCUT2D eigenvalue weighted by Crippen LogP contribution is -2.32. The number of hydrazine groups is 1. The van der Waals surface area contributed by atoms with Crippen molar-refractivity contribution in [3.63, 3.8) is 0 Å². The Labute approximate surface area is 196 Å². The highest BCUT2D eigenvalue weighted by Gasteiger charge is 2.72. The maximum atomic E-state index is 13.3. The second-order valence-electron chi connectivity index (χ2n) is 7.83. The largest absolute Gasteiger partial charge is 0.417 e. The lowest BCUT2D eigenvalue weighted by atomic mass is 10.0. The first-order valence-corrected chi connectivity index (χ1v) is 10.7. The van der Waals surface area contributed by atoms with Gasteiger partial charge in [0.2, 0.25) is 5.66 Å². The molecule has 5 rings (SSSR count). The third kappa shape index (κ3) is 3.40. The van der Waals surface area contributed by atoms with Crippen molar-refractivity contribution < 1.29 is 23.1 Å². The fourth-order valence-electron chi connectivity index (χ4n) is 4.47. The SMILES string of the molecule is O=C(Nc1ccc(C(F)(F)F)c(Cl)c1)N1N(c2ccc(Cl)cc2)C12c1ccccc1CC2O. The van der Waals surface area contributed by atoms with E-state index in [4.69, 9.17) is 23.2 Å². The molecule has 33 heavy (non-hydrogen) atoms. The van der Waals surface area contributed by atoms with Gasteiger partial charge in [0.05, 0.1) is 16.3 Å². The van der Waals surface area contributed by atoms with Gasteiger partial charge in [-0.05, 0) is 48.0 Å². The molecule has 5 nitrogen and oxygen atoms in total. The Morgan fingerprint density at radius 3 is 2.42 bits per heavy atom. The zero-order chi connectivity index (χ0) is 23.5. The van der Waals surface area contributed by atoms with E-state index in [2.05, 4.69) is 5.32 Å². The van der Waals surface area contributed by atoms with E-state index in [-0.39, 0.29) is 5.69 Å². The number of aliphatic hydroxyl groups is 1. The number of aliphatic hydroxyl groups excluding tert-OH is 1. The van der Waals surface area contributed by atoms with E-state index in [1.807, 2.05) is 24.3 Å². The van der Waals surface area contributed by atoms with Crippen LogP contribution in [-0.4, -0.2) is 22.3 Å². The highest BCUT2D eigenvalue weighted by atomic mass is 35.5. The molecule has 2 atom stereocenters. The number of carbonyl (C=O) groups is 1. The molecule has 1 fully saturated rings. The van der Waals surface area contributed by atoms with Gasteiger partial charge in [-0.1, -0.05) is 47.5 Å². The smallest absolute Gasteiger partial charge is 0.388 e. The molecule has 0 bridgehead atoms. The minimum absolute atomic E-state index is 0.0943. The molecule has 2 N–H and O–H groups in total. The van der Waals surface area contributed by atoms with Crippen LogP contribution >= 0.6 is 23.2 Å². The van der Waals surface area contributed by atoms with Gasteiger partial charge in [-0.15, -0.1) is 0 Å². The molecule has 170 valence electrons. The number of nitrogens with one attached hydrogen (secondary N) is 1. The normalized spacial score (nSPS) is 21.3. The Bertz CT molecular complexity index is 1250. The number of halogens is 5. The van der Waals surface area contributed by atoms with E-state index in [0.29, 0.717) is 17.1 Å². The molecule has 1 spiro atoms. The number of amides is 2. The molecule has 0 radical (unpaired) electrons. The number of alkyl halides is 3. The lowest BCUT2D eigenvalue weighted by Gasteiger charge is -2.14. The summed E-state index contributed by atoms with van der Waals surface area (Å²) in [6.45, 7) is 0. The summed E-state index contributed by atoms with van der Waals surface area (Å²) < 4.78 is 39.0. The number of carbonyl (C=O) groups excluding carboxylic acids is 1. The van der Waals surface area contributed by atoms with Gasteiger partial charge >= 0.3 is 12.2 Å². The van der Waals surface area contributed by atoms with Crippen molar-refractivity contribution in [3.05, 3.63) is 93.5 Å². The van der Waals surface area contributed by atoms with Gasteiger partial charge in [0.15, 0.2) is 0 Å². The minimum Gasteiger partial charge on any atom is -0.388 e. The Balaban J connectivity index is 1.51. The van der Waals surface area contributed by atoms with Crippen LogP contribution in [0.3, 0.4) is 0 Å². The Kier molecular flexibility index (Phi) is 5.00. The monoisotopic (exact) mass is 493 g/mol. The first-order valence-electron chi connectivity index (χ1n) is 9.94. The number of urea groups is 1. The molecular formula is C23H16Cl2F3N3O2. The van der Waals surface area contributed by atoms with Gasteiger partial charge in [-0.25, -0.2) is 9.80 Å². The maximum absolute atomic E-state index is 13.3. The van der Waals surface area contributed by atoms with Gasteiger partial charge < -0.3 is 10.4 Å². The molecule has 2 amide bonds. The molecular weight excluding hydrogens is 478 g/mol. The Morgan fingerprint density at radius 2 is 1.76 bits per heavy atom. The van der Waals surface area contributed by atoms with Crippen molar-refractivity contribution >= 4 is 40.6 Å². The van der Waals surface area contributed by atoms with Gasteiger partial charge in [-0.3, -0.25) is 0 Å². The molecule has 0 saturated carbocycles. The quantitative estimate of drug-likeness (QED) is 0.427. The van der Waals surface area contributed by atoms with Crippen molar-refractivity contribution in [1.82, 2.24) is 5.01 Å². The van der Waals surface area contributed by atoms with E-state index in [1.165, 1.54) is 5.01 Å². The first-order chi connectivity index (χ1) is 15.6. The average molecular weight is 494 g/mol. The molecule has 1 aliphatic carbocycles. The van der Waals surface area contributed by atoms with Crippen LogP contribution in [0.2, 0.25) is 10.0 Å². The second-order valence-corrected chi connectivity index (χ2v) is 8.67. The standard InChI is InChI=1S/C23H16Cl2F3N3O2/c24-14-5-8-16(9-6-14)30-22(17-4-2-1-3-13(17)11-20(22)32)31(30)21(33)29-15-7-10-18(19(25)12-15)23(26,27)28/h1-10,12,20,32H,11H2,(H,29,33). The number of rotatable bonds is 2. The Hall–Kier alpha value is -2.94. The summed E-state index contributed by atoms with van der Waals surface area (Å²) in [5.41, 5.74) is 0.246. The summed E-state index contributed by atoms with van der Waals surface area (Å²) in [5, 5.41) is 16.6. The van der Waals surface area contributed by atoms with Crippen molar-refractivity contribution in [2.24, 2.45) is 0 Å². The van der Waals surface area contributed by atoms with Crippen LogP contribution in [0.15, 0.2) is 66.7 Å². The van der Waals surface area contributed by atoms with E-state index in [0.717, 1.165) is 29.3 Å². The van der Waals surface area contributed by atoms with E-state index in [1.54, 1.807) is 29.3 Å². The van der Waals surface area contributed by atoms with Gasteiger partial charge in [0, 0.05) is 22.7 Å². The van der Waals surface area contributed by atoms with E-state index >= 15 is 0 Å². The second kappa shape index (κ2) is 7.55. The zero-order valence-corrected chi connectivity index (χ0v) is 18.3. The summed E-state index contributed by atoms with van der Waals surface area (Å²) in [7, 11) is 0. The number of anilines is 2. The molecule has 3 aromatic carbocycles. The van der Waals surface area contributed by atoms with Crippen LogP contribution in [0.1, 0.15) is 16.7 Å². The maximum Gasteiger partial charge on any atom is 0.417 e.